The second-order valence-corrected chi connectivity index (χ2v) is 6.99. The third-order valence-corrected chi connectivity index (χ3v) is 4.83. The highest BCUT2D eigenvalue weighted by Crippen LogP contribution is 2.33. The summed E-state index contributed by atoms with van der Waals surface area (Å²) in [6.45, 7) is 4.26. The molecule has 1 fully saturated rings. The standard InChI is InChI=1S/C20H16ClNO3S/c1-2-11-25-17-9-5-14(6-10-17)12-18-19(23)22(20(24)26-18)13-15-3-7-16(21)8-4-15/h2-10,12H,1,11,13H2/b18-12-. The fourth-order valence-corrected chi connectivity index (χ4v) is 3.34. The molecule has 0 atom stereocenters. The van der Waals surface area contributed by atoms with Gasteiger partial charge in [-0.15, -0.1) is 0 Å². The molecule has 6 heteroatoms. The van der Waals surface area contributed by atoms with E-state index in [0.29, 0.717) is 16.5 Å². The molecule has 0 saturated carbocycles. The average molecular weight is 386 g/mol. The fraction of sp³-hybridized carbons (Fsp3) is 0.100. The van der Waals surface area contributed by atoms with E-state index in [2.05, 4.69) is 6.58 Å². The smallest absolute Gasteiger partial charge is 0.293 e. The first-order valence-corrected chi connectivity index (χ1v) is 9.10. The van der Waals surface area contributed by atoms with Gasteiger partial charge in [-0.2, -0.15) is 0 Å². The van der Waals surface area contributed by atoms with Crippen LogP contribution in [0.5, 0.6) is 5.75 Å². The highest BCUT2D eigenvalue weighted by molar-refractivity contribution is 8.18. The number of thioether (sulfide) groups is 1. The van der Waals surface area contributed by atoms with E-state index >= 15 is 0 Å². The number of benzene rings is 2. The molecule has 26 heavy (non-hydrogen) atoms. The van der Waals surface area contributed by atoms with E-state index in [-0.39, 0.29) is 17.7 Å². The minimum absolute atomic E-state index is 0.230. The Labute approximate surface area is 161 Å². The van der Waals surface area contributed by atoms with E-state index in [4.69, 9.17) is 16.3 Å². The maximum Gasteiger partial charge on any atom is 0.293 e. The number of rotatable bonds is 6. The summed E-state index contributed by atoms with van der Waals surface area (Å²) in [5, 5.41) is 0.338. The molecule has 3 rings (SSSR count). The molecule has 2 aromatic carbocycles. The number of amides is 2. The molecule has 0 aromatic heterocycles. The van der Waals surface area contributed by atoms with Crippen LogP contribution in [0.4, 0.5) is 4.79 Å². The van der Waals surface area contributed by atoms with Crippen molar-refractivity contribution in [3.63, 3.8) is 0 Å². The summed E-state index contributed by atoms with van der Waals surface area (Å²) >= 11 is 6.81. The van der Waals surface area contributed by atoms with Gasteiger partial charge in [0.25, 0.3) is 11.1 Å². The first-order chi connectivity index (χ1) is 12.6. The van der Waals surface area contributed by atoms with E-state index in [1.165, 1.54) is 4.90 Å². The van der Waals surface area contributed by atoms with E-state index < -0.39 is 0 Å². The van der Waals surface area contributed by atoms with Crippen molar-refractivity contribution in [2.75, 3.05) is 6.61 Å². The molecule has 1 saturated heterocycles. The summed E-state index contributed by atoms with van der Waals surface area (Å²) in [7, 11) is 0. The first-order valence-electron chi connectivity index (χ1n) is 7.90. The lowest BCUT2D eigenvalue weighted by molar-refractivity contribution is -0.123. The van der Waals surface area contributed by atoms with Crippen LogP contribution in [-0.4, -0.2) is 22.7 Å². The van der Waals surface area contributed by atoms with Crippen LogP contribution in [-0.2, 0) is 11.3 Å². The molecule has 0 unspecified atom stereocenters. The highest BCUT2D eigenvalue weighted by atomic mass is 35.5. The molecule has 1 aliphatic heterocycles. The Bertz CT molecular complexity index is 860. The van der Waals surface area contributed by atoms with Crippen molar-refractivity contribution >= 4 is 40.6 Å². The number of carbonyl (C=O) groups excluding carboxylic acids is 2. The maximum atomic E-state index is 12.6. The topological polar surface area (TPSA) is 46.6 Å². The average Bonchev–Trinajstić information content (AvgIpc) is 2.90. The third kappa shape index (κ3) is 4.36. The zero-order valence-corrected chi connectivity index (χ0v) is 15.4. The monoisotopic (exact) mass is 385 g/mol. The van der Waals surface area contributed by atoms with Crippen molar-refractivity contribution in [1.82, 2.24) is 4.90 Å². The Morgan fingerprint density at radius 2 is 1.77 bits per heavy atom. The molecule has 1 aliphatic rings. The van der Waals surface area contributed by atoms with Crippen LogP contribution >= 0.6 is 23.4 Å². The molecule has 0 spiro atoms. The van der Waals surface area contributed by atoms with Gasteiger partial charge in [-0.05, 0) is 53.2 Å². The Balaban J connectivity index is 1.72. The van der Waals surface area contributed by atoms with Crippen LogP contribution in [0.2, 0.25) is 5.02 Å². The minimum Gasteiger partial charge on any atom is -0.490 e. The van der Waals surface area contributed by atoms with Crippen LogP contribution in [0.1, 0.15) is 11.1 Å². The number of nitrogens with zero attached hydrogens (tertiary/aromatic N) is 1. The molecule has 1 heterocycles. The van der Waals surface area contributed by atoms with E-state index in [1.807, 2.05) is 24.3 Å². The second-order valence-electron chi connectivity index (χ2n) is 5.56. The maximum absolute atomic E-state index is 12.6. The Hall–Kier alpha value is -2.50. The van der Waals surface area contributed by atoms with Gasteiger partial charge < -0.3 is 4.74 Å². The summed E-state index contributed by atoms with van der Waals surface area (Å²) in [6.07, 6.45) is 3.38. The van der Waals surface area contributed by atoms with Gasteiger partial charge in [0, 0.05) is 5.02 Å². The minimum atomic E-state index is -0.290. The molecule has 132 valence electrons. The molecular formula is C20H16ClNO3S. The van der Waals surface area contributed by atoms with Crippen molar-refractivity contribution in [3.8, 4) is 5.75 Å². The predicted molar refractivity (Wildman–Crippen MR) is 105 cm³/mol. The van der Waals surface area contributed by atoms with Crippen molar-refractivity contribution in [2.24, 2.45) is 0 Å². The van der Waals surface area contributed by atoms with Crippen LogP contribution in [0.3, 0.4) is 0 Å². The van der Waals surface area contributed by atoms with Crippen LogP contribution in [0, 0.1) is 0 Å². The zero-order valence-electron chi connectivity index (χ0n) is 13.9. The van der Waals surface area contributed by atoms with Gasteiger partial charge >= 0.3 is 0 Å². The lowest BCUT2D eigenvalue weighted by atomic mass is 10.2. The van der Waals surface area contributed by atoms with Crippen LogP contribution < -0.4 is 4.74 Å². The molecule has 4 nitrogen and oxygen atoms in total. The summed E-state index contributed by atoms with van der Waals surface area (Å²) in [4.78, 5) is 26.4. The number of hydrogen-bond donors (Lipinski definition) is 0. The van der Waals surface area contributed by atoms with Crippen LogP contribution in [0.15, 0.2) is 66.1 Å². The summed E-state index contributed by atoms with van der Waals surface area (Å²) in [5.41, 5.74) is 1.68. The van der Waals surface area contributed by atoms with Gasteiger partial charge in [-0.1, -0.05) is 48.5 Å². The van der Waals surface area contributed by atoms with Crippen molar-refractivity contribution < 1.29 is 14.3 Å². The molecular weight excluding hydrogens is 370 g/mol. The molecule has 0 aliphatic carbocycles. The Kier molecular flexibility index (Phi) is 5.81. The van der Waals surface area contributed by atoms with Gasteiger partial charge in [0.1, 0.15) is 12.4 Å². The quantitative estimate of drug-likeness (QED) is 0.510. The van der Waals surface area contributed by atoms with Gasteiger partial charge in [0.2, 0.25) is 0 Å². The van der Waals surface area contributed by atoms with Gasteiger partial charge in [0.15, 0.2) is 0 Å². The van der Waals surface area contributed by atoms with E-state index in [0.717, 1.165) is 28.6 Å². The van der Waals surface area contributed by atoms with Crippen molar-refractivity contribution in [2.45, 2.75) is 6.54 Å². The SMILES string of the molecule is C=CCOc1ccc(/C=C2\SC(=O)N(Cc3ccc(Cl)cc3)C2=O)cc1. The van der Waals surface area contributed by atoms with Crippen LogP contribution in [0.25, 0.3) is 6.08 Å². The number of hydrogen-bond acceptors (Lipinski definition) is 4. The Morgan fingerprint density at radius 3 is 2.42 bits per heavy atom. The van der Waals surface area contributed by atoms with E-state index in [1.54, 1.807) is 36.4 Å². The lowest BCUT2D eigenvalue weighted by Gasteiger charge is -2.12. The number of carbonyl (C=O) groups is 2. The summed E-state index contributed by atoms with van der Waals surface area (Å²) in [6, 6.07) is 14.4. The highest BCUT2D eigenvalue weighted by Gasteiger charge is 2.34. The first kappa shape index (κ1) is 18.3. The third-order valence-electron chi connectivity index (χ3n) is 3.67. The van der Waals surface area contributed by atoms with Gasteiger partial charge in [-0.25, -0.2) is 0 Å². The number of ether oxygens (including phenoxy) is 1. The van der Waals surface area contributed by atoms with Gasteiger partial charge in [0.05, 0.1) is 11.4 Å². The molecule has 0 radical (unpaired) electrons. The predicted octanol–water partition coefficient (Wildman–Crippen LogP) is 5.14. The normalized spacial score (nSPS) is 15.6. The number of imide groups is 1. The number of halogens is 1. The van der Waals surface area contributed by atoms with E-state index in [9.17, 15) is 9.59 Å². The Morgan fingerprint density at radius 1 is 1.08 bits per heavy atom. The fourth-order valence-electron chi connectivity index (χ4n) is 2.38. The van der Waals surface area contributed by atoms with Gasteiger partial charge in [-0.3, -0.25) is 14.5 Å². The van der Waals surface area contributed by atoms with Crippen molar-refractivity contribution in [3.05, 3.63) is 82.2 Å². The summed E-state index contributed by atoms with van der Waals surface area (Å²) in [5.74, 6) is 0.430. The van der Waals surface area contributed by atoms with Crippen molar-refractivity contribution in [1.29, 1.82) is 0 Å². The summed E-state index contributed by atoms with van der Waals surface area (Å²) < 4.78 is 5.43. The molecule has 0 N–H and O–H groups in total. The molecule has 2 amide bonds. The largest absolute Gasteiger partial charge is 0.490 e. The second kappa shape index (κ2) is 8.25. The lowest BCUT2D eigenvalue weighted by Crippen LogP contribution is -2.27. The zero-order chi connectivity index (χ0) is 18.5. The molecule has 2 aromatic rings. The molecule has 0 bridgehead atoms.